The Labute approximate surface area is 185 Å². The number of carbonyl (C=O) groups excluding carboxylic acids is 2. The van der Waals surface area contributed by atoms with Crippen LogP contribution in [0.5, 0.6) is 0 Å². The molecule has 1 fully saturated rings. The Kier molecular flexibility index (Phi) is 6.71. The molecule has 2 aliphatic rings. The quantitative estimate of drug-likeness (QED) is 0.804. The number of fused-ring (bicyclic) bond motifs is 1. The Hall–Kier alpha value is -2.66. The van der Waals surface area contributed by atoms with Gasteiger partial charge in [-0.25, -0.2) is 0 Å². The molecule has 0 radical (unpaired) electrons. The lowest BCUT2D eigenvalue weighted by Crippen LogP contribution is -2.50. The lowest BCUT2D eigenvalue weighted by atomic mass is 9.90. The van der Waals surface area contributed by atoms with Gasteiger partial charge in [0.25, 0.3) is 0 Å². The maximum Gasteiger partial charge on any atom is 0.244 e. The second kappa shape index (κ2) is 9.65. The van der Waals surface area contributed by atoms with E-state index in [1.54, 1.807) is 0 Å². The van der Waals surface area contributed by atoms with E-state index in [1.807, 2.05) is 54.3 Å². The normalized spacial score (nSPS) is 20.7. The largest absolute Gasteiger partial charge is 0.348 e. The Morgan fingerprint density at radius 1 is 1.00 bits per heavy atom. The van der Waals surface area contributed by atoms with E-state index in [0.717, 1.165) is 43.5 Å². The Morgan fingerprint density at radius 2 is 1.68 bits per heavy atom. The van der Waals surface area contributed by atoms with Crippen LogP contribution in [-0.2, 0) is 16.0 Å². The summed E-state index contributed by atoms with van der Waals surface area (Å²) in [5.74, 6) is 0.771. The molecular formula is C26H33N3O2. The maximum absolute atomic E-state index is 13.6. The zero-order chi connectivity index (χ0) is 21.8. The molecule has 0 unspecified atom stereocenters. The molecule has 2 heterocycles. The van der Waals surface area contributed by atoms with Gasteiger partial charge < -0.3 is 10.2 Å². The number of carbonyl (C=O) groups is 2. The summed E-state index contributed by atoms with van der Waals surface area (Å²) >= 11 is 0. The Morgan fingerprint density at radius 3 is 2.42 bits per heavy atom. The third-order valence-electron chi connectivity index (χ3n) is 6.74. The highest BCUT2D eigenvalue weighted by Crippen LogP contribution is 2.32. The standard InChI is InChI=1S/C26H33N3O2/c1-19-12-15-28(16-13-19)26(31)25-23-11-7-6-10-22(23)14-17-29(25)18-24(30)27-20(2)21-8-4-3-5-9-21/h3-11,19-20,25H,12-18H2,1-2H3,(H,27,30)/t20-,25+/m0/s1. The van der Waals surface area contributed by atoms with E-state index in [2.05, 4.69) is 29.3 Å². The van der Waals surface area contributed by atoms with Gasteiger partial charge in [-0.15, -0.1) is 0 Å². The average molecular weight is 420 g/mol. The molecule has 2 aromatic carbocycles. The Bertz CT molecular complexity index is 906. The number of rotatable bonds is 5. The topological polar surface area (TPSA) is 52.7 Å². The monoisotopic (exact) mass is 419 g/mol. The van der Waals surface area contributed by atoms with Gasteiger partial charge in [-0.3, -0.25) is 14.5 Å². The summed E-state index contributed by atoms with van der Waals surface area (Å²) in [5.41, 5.74) is 3.36. The molecule has 2 amide bonds. The Balaban J connectivity index is 1.50. The summed E-state index contributed by atoms with van der Waals surface area (Å²) in [6, 6.07) is 17.7. The van der Waals surface area contributed by atoms with Crippen LogP contribution in [0, 0.1) is 5.92 Å². The van der Waals surface area contributed by atoms with Crippen molar-refractivity contribution in [2.45, 2.75) is 45.2 Å². The van der Waals surface area contributed by atoms with E-state index in [4.69, 9.17) is 0 Å². The molecule has 2 aromatic rings. The van der Waals surface area contributed by atoms with Crippen LogP contribution in [-0.4, -0.2) is 47.8 Å². The van der Waals surface area contributed by atoms with Crippen molar-refractivity contribution in [3.8, 4) is 0 Å². The van der Waals surface area contributed by atoms with Gasteiger partial charge in [0.2, 0.25) is 11.8 Å². The predicted octanol–water partition coefficient (Wildman–Crippen LogP) is 3.72. The molecule has 0 aromatic heterocycles. The van der Waals surface area contributed by atoms with Gasteiger partial charge in [0.05, 0.1) is 12.6 Å². The molecule has 0 bridgehead atoms. The molecule has 0 spiro atoms. The van der Waals surface area contributed by atoms with Gasteiger partial charge in [-0.05, 0) is 48.8 Å². The molecule has 164 valence electrons. The summed E-state index contributed by atoms with van der Waals surface area (Å²) < 4.78 is 0. The second-order valence-corrected chi connectivity index (χ2v) is 9.03. The number of hydrogen-bond acceptors (Lipinski definition) is 3. The minimum absolute atomic E-state index is 0.0409. The highest BCUT2D eigenvalue weighted by atomic mass is 16.2. The average Bonchev–Trinajstić information content (AvgIpc) is 2.79. The lowest BCUT2D eigenvalue weighted by Gasteiger charge is -2.40. The molecule has 2 aliphatic heterocycles. The van der Waals surface area contributed by atoms with Crippen LogP contribution in [0.1, 0.15) is 55.5 Å². The summed E-state index contributed by atoms with van der Waals surface area (Å²) in [4.78, 5) is 30.6. The van der Waals surface area contributed by atoms with Crippen molar-refractivity contribution in [1.29, 1.82) is 0 Å². The fourth-order valence-corrected chi connectivity index (χ4v) is 4.78. The highest BCUT2D eigenvalue weighted by Gasteiger charge is 2.37. The SMILES string of the molecule is CC1CCN(C(=O)[C@H]2c3ccccc3CCN2CC(=O)N[C@@H](C)c2ccccc2)CC1. The van der Waals surface area contributed by atoms with E-state index in [9.17, 15) is 9.59 Å². The summed E-state index contributed by atoms with van der Waals surface area (Å²) in [6.45, 7) is 6.81. The van der Waals surface area contributed by atoms with Gasteiger partial charge in [0.1, 0.15) is 6.04 Å². The number of amides is 2. The molecule has 2 atom stereocenters. The van der Waals surface area contributed by atoms with Crippen molar-refractivity contribution in [3.63, 3.8) is 0 Å². The molecule has 1 saturated heterocycles. The van der Waals surface area contributed by atoms with Crippen molar-refractivity contribution < 1.29 is 9.59 Å². The molecule has 5 nitrogen and oxygen atoms in total. The number of hydrogen-bond donors (Lipinski definition) is 1. The van der Waals surface area contributed by atoms with Crippen molar-refractivity contribution in [3.05, 3.63) is 71.3 Å². The number of nitrogens with zero attached hydrogens (tertiary/aromatic N) is 2. The van der Waals surface area contributed by atoms with Gasteiger partial charge in [0, 0.05) is 19.6 Å². The molecule has 5 heteroatoms. The first-order chi connectivity index (χ1) is 15.0. The van der Waals surface area contributed by atoms with Crippen LogP contribution in [0.15, 0.2) is 54.6 Å². The first-order valence-electron chi connectivity index (χ1n) is 11.5. The van der Waals surface area contributed by atoms with Crippen LogP contribution in [0.4, 0.5) is 0 Å². The van der Waals surface area contributed by atoms with Crippen LogP contribution in [0.25, 0.3) is 0 Å². The fraction of sp³-hybridized carbons (Fsp3) is 0.462. The van der Waals surface area contributed by atoms with E-state index in [-0.39, 0.29) is 30.4 Å². The number of likely N-dealkylation sites (tertiary alicyclic amines) is 1. The third-order valence-corrected chi connectivity index (χ3v) is 6.74. The lowest BCUT2D eigenvalue weighted by molar-refractivity contribution is -0.140. The number of piperidine rings is 1. The van der Waals surface area contributed by atoms with Crippen LogP contribution >= 0.6 is 0 Å². The van der Waals surface area contributed by atoms with Crippen molar-refractivity contribution in [2.75, 3.05) is 26.2 Å². The predicted molar refractivity (Wildman–Crippen MR) is 122 cm³/mol. The van der Waals surface area contributed by atoms with Crippen molar-refractivity contribution in [1.82, 2.24) is 15.1 Å². The smallest absolute Gasteiger partial charge is 0.244 e. The minimum Gasteiger partial charge on any atom is -0.348 e. The third kappa shape index (κ3) is 4.99. The first-order valence-corrected chi connectivity index (χ1v) is 11.5. The second-order valence-electron chi connectivity index (χ2n) is 9.03. The number of nitrogens with one attached hydrogen (secondary N) is 1. The van der Waals surface area contributed by atoms with E-state index in [0.29, 0.717) is 12.5 Å². The summed E-state index contributed by atoms with van der Waals surface area (Å²) in [7, 11) is 0. The minimum atomic E-state index is -0.379. The number of benzene rings is 2. The summed E-state index contributed by atoms with van der Waals surface area (Å²) in [5, 5.41) is 3.11. The molecule has 31 heavy (non-hydrogen) atoms. The van der Waals surface area contributed by atoms with Gasteiger partial charge in [-0.2, -0.15) is 0 Å². The molecular weight excluding hydrogens is 386 g/mol. The van der Waals surface area contributed by atoms with E-state index in [1.165, 1.54) is 5.56 Å². The van der Waals surface area contributed by atoms with Crippen LogP contribution < -0.4 is 5.32 Å². The summed E-state index contributed by atoms with van der Waals surface area (Å²) in [6.07, 6.45) is 2.96. The van der Waals surface area contributed by atoms with Crippen molar-refractivity contribution in [2.24, 2.45) is 5.92 Å². The molecule has 0 saturated carbocycles. The van der Waals surface area contributed by atoms with E-state index >= 15 is 0 Å². The van der Waals surface area contributed by atoms with Gasteiger partial charge in [0.15, 0.2) is 0 Å². The maximum atomic E-state index is 13.6. The van der Waals surface area contributed by atoms with E-state index < -0.39 is 0 Å². The first kappa shape index (κ1) is 21.6. The molecule has 1 N–H and O–H groups in total. The highest BCUT2D eigenvalue weighted by molar-refractivity contribution is 5.86. The van der Waals surface area contributed by atoms with Gasteiger partial charge >= 0.3 is 0 Å². The fourth-order valence-electron chi connectivity index (χ4n) is 4.78. The molecule has 0 aliphatic carbocycles. The molecule has 4 rings (SSSR count). The van der Waals surface area contributed by atoms with Gasteiger partial charge in [-0.1, -0.05) is 61.5 Å². The zero-order valence-corrected chi connectivity index (χ0v) is 18.6. The zero-order valence-electron chi connectivity index (χ0n) is 18.6. The van der Waals surface area contributed by atoms with Crippen molar-refractivity contribution >= 4 is 11.8 Å². The van der Waals surface area contributed by atoms with Crippen LogP contribution in [0.3, 0.4) is 0 Å². The van der Waals surface area contributed by atoms with Crippen LogP contribution in [0.2, 0.25) is 0 Å².